The van der Waals surface area contributed by atoms with Gasteiger partial charge in [0, 0.05) is 0 Å². The van der Waals surface area contributed by atoms with Gasteiger partial charge in [-0.05, 0) is 55.8 Å². The first kappa shape index (κ1) is 14.9. The zero-order valence-corrected chi connectivity index (χ0v) is 12.4. The van der Waals surface area contributed by atoms with Crippen molar-refractivity contribution in [3.63, 3.8) is 0 Å². The maximum atomic E-state index is 12.1. The van der Waals surface area contributed by atoms with Gasteiger partial charge in [-0.15, -0.1) is 0 Å². The van der Waals surface area contributed by atoms with E-state index in [1.54, 1.807) is 37.4 Å². The minimum atomic E-state index is -0.430. The Morgan fingerprint density at radius 2 is 1.76 bits per heavy atom. The fourth-order valence-corrected chi connectivity index (χ4v) is 1.87. The summed E-state index contributed by atoms with van der Waals surface area (Å²) in [6, 6.07) is 12.2. The molecule has 0 aliphatic carbocycles. The Bertz CT molecular complexity index is 617. The summed E-state index contributed by atoms with van der Waals surface area (Å²) in [5.41, 5.74) is 1.49. The molecule has 0 saturated carbocycles. The van der Waals surface area contributed by atoms with Crippen LogP contribution in [0.15, 0.2) is 42.5 Å². The molecule has 2 rings (SSSR count). The second-order valence-corrected chi connectivity index (χ2v) is 4.50. The Morgan fingerprint density at radius 3 is 2.38 bits per heavy atom. The van der Waals surface area contributed by atoms with Crippen LogP contribution in [0.3, 0.4) is 0 Å². The van der Waals surface area contributed by atoms with E-state index < -0.39 is 5.97 Å². The second kappa shape index (κ2) is 6.79. The van der Waals surface area contributed by atoms with E-state index in [1.165, 1.54) is 0 Å². The van der Waals surface area contributed by atoms with Gasteiger partial charge in [0.25, 0.3) is 0 Å². The van der Waals surface area contributed by atoms with Crippen molar-refractivity contribution >= 4 is 5.97 Å². The standard InChI is InChI=1S/C17H18O4/c1-4-20-14-8-6-13(7-9-14)17(18)21-15-10-5-12(2)11-16(15)19-3/h5-11H,4H2,1-3H3. The number of esters is 1. The SMILES string of the molecule is CCOc1ccc(C(=O)Oc2ccc(C)cc2OC)cc1. The molecule has 0 unspecified atom stereocenters. The summed E-state index contributed by atoms with van der Waals surface area (Å²) in [4.78, 5) is 12.1. The van der Waals surface area contributed by atoms with Crippen LogP contribution in [0, 0.1) is 6.92 Å². The van der Waals surface area contributed by atoms with E-state index in [2.05, 4.69) is 0 Å². The first-order valence-corrected chi connectivity index (χ1v) is 6.73. The van der Waals surface area contributed by atoms with E-state index in [0.29, 0.717) is 23.7 Å². The second-order valence-electron chi connectivity index (χ2n) is 4.50. The summed E-state index contributed by atoms with van der Waals surface area (Å²) in [6.07, 6.45) is 0. The Hall–Kier alpha value is -2.49. The summed E-state index contributed by atoms with van der Waals surface area (Å²) >= 11 is 0. The highest BCUT2D eigenvalue weighted by Crippen LogP contribution is 2.28. The molecule has 0 amide bonds. The molecule has 0 fully saturated rings. The minimum Gasteiger partial charge on any atom is -0.494 e. The number of carbonyl (C=O) groups is 1. The van der Waals surface area contributed by atoms with Crippen LogP contribution in [0.1, 0.15) is 22.8 Å². The highest BCUT2D eigenvalue weighted by molar-refractivity contribution is 5.91. The molecule has 0 bridgehead atoms. The molecule has 110 valence electrons. The number of rotatable bonds is 5. The maximum absolute atomic E-state index is 12.1. The largest absolute Gasteiger partial charge is 0.494 e. The van der Waals surface area contributed by atoms with E-state index in [1.807, 2.05) is 26.0 Å². The predicted molar refractivity (Wildman–Crippen MR) is 80.3 cm³/mol. The van der Waals surface area contributed by atoms with E-state index in [9.17, 15) is 4.79 Å². The topological polar surface area (TPSA) is 44.8 Å². The highest BCUT2D eigenvalue weighted by Gasteiger charge is 2.12. The van der Waals surface area contributed by atoms with Gasteiger partial charge < -0.3 is 14.2 Å². The van der Waals surface area contributed by atoms with Gasteiger partial charge in [-0.1, -0.05) is 6.07 Å². The third-order valence-electron chi connectivity index (χ3n) is 2.92. The van der Waals surface area contributed by atoms with Crippen molar-refractivity contribution in [3.8, 4) is 17.2 Å². The number of carbonyl (C=O) groups excluding carboxylic acids is 1. The molecule has 2 aromatic rings. The van der Waals surface area contributed by atoms with Gasteiger partial charge in [-0.3, -0.25) is 0 Å². The number of hydrogen-bond donors (Lipinski definition) is 0. The molecule has 0 radical (unpaired) electrons. The zero-order chi connectivity index (χ0) is 15.2. The van der Waals surface area contributed by atoms with Crippen molar-refractivity contribution in [2.75, 3.05) is 13.7 Å². The molecule has 0 heterocycles. The number of hydrogen-bond acceptors (Lipinski definition) is 4. The van der Waals surface area contributed by atoms with Crippen LogP contribution >= 0.6 is 0 Å². The van der Waals surface area contributed by atoms with E-state index in [4.69, 9.17) is 14.2 Å². The lowest BCUT2D eigenvalue weighted by atomic mass is 10.2. The van der Waals surface area contributed by atoms with Crippen LogP contribution in [0.2, 0.25) is 0 Å². The van der Waals surface area contributed by atoms with Gasteiger partial charge >= 0.3 is 5.97 Å². The average molecular weight is 286 g/mol. The quantitative estimate of drug-likeness (QED) is 0.622. The molecule has 21 heavy (non-hydrogen) atoms. The number of benzene rings is 2. The van der Waals surface area contributed by atoms with Crippen molar-refractivity contribution in [1.29, 1.82) is 0 Å². The van der Waals surface area contributed by atoms with Crippen LogP contribution < -0.4 is 14.2 Å². The molecule has 4 heteroatoms. The Labute approximate surface area is 124 Å². The van der Waals surface area contributed by atoms with Crippen LogP contribution in [0.25, 0.3) is 0 Å². The summed E-state index contributed by atoms with van der Waals surface area (Å²) in [7, 11) is 1.54. The lowest BCUT2D eigenvalue weighted by Crippen LogP contribution is -2.09. The van der Waals surface area contributed by atoms with E-state index >= 15 is 0 Å². The monoisotopic (exact) mass is 286 g/mol. The number of aryl methyl sites for hydroxylation is 1. The van der Waals surface area contributed by atoms with Crippen molar-refractivity contribution in [3.05, 3.63) is 53.6 Å². The molecule has 0 aliphatic rings. The first-order chi connectivity index (χ1) is 10.1. The molecular weight excluding hydrogens is 268 g/mol. The van der Waals surface area contributed by atoms with Crippen LogP contribution in [-0.2, 0) is 0 Å². The summed E-state index contributed by atoms with van der Waals surface area (Å²) in [5.74, 6) is 1.23. The predicted octanol–water partition coefficient (Wildman–Crippen LogP) is 3.62. The molecule has 0 saturated heterocycles. The lowest BCUT2D eigenvalue weighted by molar-refractivity contribution is 0.0729. The molecule has 2 aromatic carbocycles. The van der Waals surface area contributed by atoms with Gasteiger partial charge in [-0.25, -0.2) is 4.79 Å². The Balaban J connectivity index is 2.14. The third kappa shape index (κ3) is 3.75. The van der Waals surface area contributed by atoms with Crippen molar-refractivity contribution in [2.24, 2.45) is 0 Å². The van der Waals surface area contributed by atoms with Gasteiger partial charge in [0.1, 0.15) is 5.75 Å². The van der Waals surface area contributed by atoms with Crippen LogP contribution in [-0.4, -0.2) is 19.7 Å². The van der Waals surface area contributed by atoms with Gasteiger partial charge in [-0.2, -0.15) is 0 Å². The molecule has 4 nitrogen and oxygen atoms in total. The minimum absolute atomic E-state index is 0.405. The maximum Gasteiger partial charge on any atom is 0.343 e. The first-order valence-electron chi connectivity index (χ1n) is 6.73. The molecule has 0 atom stereocenters. The molecular formula is C17H18O4. The van der Waals surface area contributed by atoms with Crippen LogP contribution in [0.5, 0.6) is 17.2 Å². The molecule has 0 aromatic heterocycles. The van der Waals surface area contributed by atoms with Crippen LogP contribution in [0.4, 0.5) is 0 Å². The Morgan fingerprint density at radius 1 is 1.05 bits per heavy atom. The molecule has 0 spiro atoms. The molecule has 0 N–H and O–H groups in total. The average Bonchev–Trinajstić information content (AvgIpc) is 2.50. The number of methoxy groups -OCH3 is 1. The third-order valence-corrected chi connectivity index (χ3v) is 2.92. The summed E-state index contributed by atoms with van der Waals surface area (Å²) in [5, 5.41) is 0. The van der Waals surface area contributed by atoms with E-state index in [0.717, 1.165) is 11.3 Å². The lowest BCUT2D eigenvalue weighted by Gasteiger charge is -2.10. The van der Waals surface area contributed by atoms with Gasteiger partial charge in [0.15, 0.2) is 11.5 Å². The zero-order valence-electron chi connectivity index (χ0n) is 12.4. The van der Waals surface area contributed by atoms with Gasteiger partial charge in [0.05, 0.1) is 19.3 Å². The van der Waals surface area contributed by atoms with Crippen molar-refractivity contribution in [2.45, 2.75) is 13.8 Å². The molecule has 0 aliphatic heterocycles. The normalized spacial score (nSPS) is 10.0. The number of ether oxygens (including phenoxy) is 3. The Kier molecular flexibility index (Phi) is 4.82. The fourth-order valence-electron chi connectivity index (χ4n) is 1.87. The fraction of sp³-hybridized carbons (Fsp3) is 0.235. The van der Waals surface area contributed by atoms with E-state index in [-0.39, 0.29) is 0 Å². The summed E-state index contributed by atoms with van der Waals surface area (Å²) < 4.78 is 15.9. The summed E-state index contributed by atoms with van der Waals surface area (Å²) in [6.45, 7) is 4.44. The van der Waals surface area contributed by atoms with Crippen molar-refractivity contribution in [1.82, 2.24) is 0 Å². The van der Waals surface area contributed by atoms with Crippen molar-refractivity contribution < 1.29 is 19.0 Å². The highest BCUT2D eigenvalue weighted by atomic mass is 16.6. The smallest absolute Gasteiger partial charge is 0.343 e. The van der Waals surface area contributed by atoms with Gasteiger partial charge in [0.2, 0.25) is 0 Å².